The molecular formula is C14H17N3O. The van der Waals surface area contributed by atoms with Gasteiger partial charge in [0.1, 0.15) is 5.82 Å². The molecule has 1 heterocycles. The summed E-state index contributed by atoms with van der Waals surface area (Å²) >= 11 is 0. The lowest BCUT2D eigenvalue weighted by Crippen LogP contribution is -2.08. The lowest BCUT2D eigenvalue weighted by molar-refractivity contribution is 0.110. The summed E-state index contributed by atoms with van der Waals surface area (Å²) in [6, 6.07) is 7.74. The van der Waals surface area contributed by atoms with Crippen LogP contribution < -0.4 is 0 Å². The van der Waals surface area contributed by atoms with Gasteiger partial charge >= 0.3 is 0 Å². The van der Waals surface area contributed by atoms with Crippen molar-refractivity contribution in [3.63, 3.8) is 0 Å². The van der Waals surface area contributed by atoms with Crippen molar-refractivity contribution in [2.24, 2.45) is 7.05 Å². The Hall–Kier alpha value is -1.86. The Morgan fingerprint density at radius 2 is 2.28 bits per heavy atom. The van der Waals surface area contributed by atoms with E-state index < -0.39 is 0 Å². The van der Waals surface area contributed by atoms with Crippen molar-refractivity contribution in [1.82, 2.24) is 9.55 Å². The van der Waals surface area contributed by atoms with E-state index in [2.05, 4.69) is 22.5 Å². The van der Waals surface area contributed by atoms with Gasteiger partial charge in [0.25, 0.3) is 0 Å². The molecule has 0 fully saturated rings. The van der Waals surface area contributed by atoms with E-state index >= 15 is 0 Å². The molecular weight excluding hydrogens is 226 g/mol. The highest BCUT2D eigenvalue weighted by atomic mass is 16.5. The summed E-state index contributed by atoms with van der Waals surface area (Å²) in [4.78, 5) is 4.58. The van der Waals surface area contributed by atoms with Crippen LogP contribution in [0.3, 0.4) is 0 Å². The van der Waals surface area contributed by atoms with Gasteiger partial charge in [0, 0.05) is 20.6 Å². The Balaban J connectivity index is 2.30. The smallest absolute Gasteiger partial charge is 0.109 e. The second-order valence-corrected chi connectivity index (χ2v) is 4.49. The fourth-order valence-electron chi connectivity index (χ4n) is 1.99. The average molecular weight is 243 g/mol. The maximum absolute atomic E-state index is 8.88. The van der Waals surface area contributed by atoms with Crippen LogP contribution in [0.15, 0.2) is 18.2 Å². The van der Waals surface area contributed by atoms with Crippen molar-refractivity contribution in [1.29, 1.82) is 5.26 Å². The lowest BCUT2D eigenvalue weighted by Gasteiger charge is -2.08. The number of benzene rings is 1. The molecule has 2 aromatic rings. The zero-order valence-electron chi connectivity index (χ0n) is 11.0. The summed E-state index contributed by atoms with van der Waals surface area (Å²) in [6.07, 6.45) is 2.06. The third-order valence-corrected chi connectivity index (χ3v) is 3.28. The minimum atomic E-state index is 0.236. The molecule has 0 bridgehead atoms. The standard InChI is InChI=1S/C14H17N3O/c1-10(18-3)4-7-14-16-12-8-11(9-15)5-6-13(12)17(14)2/h5-6,8,10H,4,7H2,1-3H3. The number of fused-ring (bicyclic) bond motifs is 1. The minimum absolute atomic E-state index is 0.236. The number of aryl methyl sites for hydroxylation is 2. The molecule has 1 aromatic heterocycles. The molecule has 0 spiro atoms. The summed E-state index contributed by atoms with van der Waals surface area (Å²) in [5.74, 6) is 1.03. The van der Waals surface area contributed by atoms with Crippen LogP contribution in [0.25, 0.3) is 11.0 Å². The van der Waals surface area contributed by atoms with E-state index in [0.29, 0.717) is 5.56 Å². The Kier molecular flexibility index (Phi) is 3.63. The van der Waals surface area contributed by atoms with Crippen LogP contribution >= 0.6 is 0 Å². The molecule has 94 valence electrons. The van der Waals surface area contributed by atoms with E-state index in [1.165, 1.54) is 0 Å². The van der Waals surface area contributed by atoms with Gasteiger partial charge in [0.15, 0.2) is 0 Å². The summed E-state index contributed by atoms with van der Waals surface area (Å²) in [6.45, 7) is 2.05. The predicted octanol–water partition coefficient (Wildman–Crippen LogP) is 2.41. The first-order chi connectivity index (χ1) is 8.65. The summed E-state index contributed by atoms with van der Waals surface area (Å²) in [5, 5.41) is 8.88. The van der Waals surface area contributed by atoms with Crippen molar-refractivity contribution in [3.8, 4) is 6.07 Å². The maximum Gasteiger partial charge on any atom is 0.109 e. The zero-order valence-corrected chi connectivity index (χ0v) is 11.0. The van der Waals surface area contributed by atoms with Gasteiger partial charge in [-0.15, -0.1) is 0 Å². The van der Waals surface area contributed by atoms with Crippen molar-refractivity contribution in [2.75, 3.05) is 7.11 Å². The minimum Gasteiger partial charge on any atom is -0.382 e. The number of rotatable bonds is 4. The molecule has 0 aliphatic rings. The van der Waals surface area contributed by atoms with Crippen molar-refractivity contribution < 1.29 is 4.74 Å². The molecule has 18 heavy (non-hydrogen) atoms. The molecule has 0 saturated heterocycles. The topological polar surface area (TPSA) is 50.8 Å². The quantitative estimate of drug-likeness (QED) is 0.828. The van der Waals surface area contributed by atoms with Crippen LogP contribution in [0.4, 0.5) is 0 Å². The molecule has 4 nitrogen and oxygen atoms in total. The fraction of sp³-hybridized carbons (Fsp3) is 0.429. The van der Waals surface area contributed by atoms with E-state index in [4.69, 9.17) is 10.00 Å². The second kappa shape index (κ2) is 5.19. The molecule has 1 unspecified atom stereocenters. The van der Waals surface area contributed by atoms with Crippen LogP contribution in [0.5, 0.6) is 0 Å². The largest absolute Gasteiger partial charge is 0.382 e. The van der Waals surface area contributed by atoms with E-state index in [1.54, 1.807) is 7.11 Å². The van der Waals surface area contributed by atoms with Gasteiger partial charge in [0.2, 0.25) is 0 Å². The van der Waals surface area contributed by atoms with E-state index in [-0.39, 0.29) is 6.10 Å². The van der Waals surface area contributed by atoms with Gasteiger partial charge in [-0.25, -0.2) is 4.98 Å². The van der Waals surface area contributed by atoms with E-state index in [1.807, 2.05) is 25.2 Å². The Morgan fingerprint density at radius 3 is 2.94 bits per heavy atom. The Labute approximate surface area is 107 Å². The Bertz CT molecular complexity index is 595. The number of imidazole rings is 1. The SMILES string of the molecule is COC(C)CCc1nc2cc(C#N)ccc2n1C. The molecule has 0 saturated carbocycles. The van der Waals surface area contributed by atoms with Crippen molar-refractivity contribution >= 4 is 11.0 Å². The third kappa shape index (κ3) is 2.36. The molecule has 0 N–H and O–H groups in total. The normalized spacial score (nSPS) is 12.6. The van der Waals surface area contributed by atoms with Gasteiger partial charge in [-0.05, 0) is 31.5 Å². The number of hydrogen-bond acceptors (Lipinski definition) is 3. The van der Waals surface area contributed by atoms with Gasteiger partial charge in [-0.2, -0.15) is 5.26 Å². The first-order valence-corrected chi connectivity index (χ1v) is 6.04. The van der Waals surface area contributed by atoms with E-state index in [9.17, 15) is 0 Å². The zero-order chi connectivity index (χ0) is 13.1. The molecule has 2 rings (SSSR count). The van der Waals surface area contributed by atoms with Crippen LogP contribution in [0, 0.1) is 11.3 Å². The number of nitrogens with zero attached hydrogens (tertiary/aromatic N) is 3. The molecule has 0 radical (unpaired) electrons. The summed E-state index contributed by atoms with van der Waals surface area (Å²) < 4.78 is 7.32. The fourth-order valence-corrected chi connectivity index (χ4v) is 1.99. The van der Waals surface area contributed by atoms with Gasteiger partial charge in [-0.3, -0.25) is 0 Å². The number of ether oxygens (including phenoxy) is 1. The number of nitriles is 1. The average Bonchev–Trinajstić information content (AvgIpc) is 2.72. The molecule has 1 aromatic carbocycles. The third-order valence-electron chi connectivity index (χ3n) is 3.28. The maximum atomic E-state index is 8.88. The van der Waals surface area contributed by atoms with Gasteiger partial charge in [-0.1, -0.05) is 0 Å². The first kappa shape index (κ1) is 12.6. The van der Waals surface area contributed by atoms with Crippen molar-refractivity contribution in [3.05, 3.63) is 29.6 Å². The van der Waals surface area contributed by atoms with Crippen LogP contribution in [0.2, 0.25) is 0 Å². The van der Waals surface area contributed by atoms with Crippen LogP contribution in [-0.2, 0) is 18.2 Å². The van der Waals surface area contributed by atoms with Gasteiger partial charge < -0.3 is 9.30 Å². The lowest BCUT2D eigenvalue weighted by atomic mass is 10.2. The number of aromatic nitrogens is 2. The van der Waals surface area contributed by atoms with Crippen LogP contribution in [-0.4, -0.2) is 22.8 Å². The molecule has 1 atom stereocenters. The van der Waals surface area contributed by atoms with Crippen LogP contribution in [0.1, 0.15) is 24.7 Å². The molecule has 0 aliphatic carbocycles. The highest BCUT2D eigenvalue weighted by Crippen LogP contribution is 2.18. The summed E-state index contributed by atoms with van der Waals surface area (Å²) in [7, 11) is 3.73. The highest BCUT2D eigenvalue weighted by Gasteiger charge is 2.09. The first-order valence-electron chi connectivity index (χ1n) is 6.04. The van der Waals surface area contributed by atoms with Gasteiger partial charge in [0.05, 0.1) is 28.8 Å². The number of methoxy groups -OCH3 is 1. The molecule has 0 aliphatic heterocycles. The molecule has 4 heteroatoms. The highest BCUT2D eigenvalue weighted by molar-refractivity contribution is 5.77. The Morgan fingerprint density at radius 1 is 1.50 bits per heavy atom. The second-order valence-electron chi connectivity index (χ2n) is 4.49. The predicted molar refractivity (Wildman–Crippen MR) is 70.2 cm³/mol. The summed E-state index contributed by atoms with van der Waals surface area (Å²) in [5.41, 5.74) is 2.60. The molecule has 0 amide bonds. The number of hydrogen-bond donors (Lipinski definition) is 0. The monoisotopic (exact) mass is 243 g/mol. The van der Waals surface area contributed by atoms with Crippen molar-refractivity contribution in [2.45, 2.75) is 25.9 Å². The van der Waals surface area contributed by atoms with E-state index in [0.717, 1.165) is 29.7 Å².